The molecule has 0 unspecified atom stereocenters. The molecule has 1 atom stereocenters. The van der Waals surface area contributed by atoms with E-state index in [1.807, 2.05) is 26.0 Å². The fraction of sp³-hybridized carbons (Fsp3) is 0.500. The van der Waals surface area contributed by atoms with Crippen LogP contribution in [0.15, 0.2) is 18.3 Å². The summed E-state index contributed by atoms with van der Waals surface area (Å²) in [6.07, 6.45) is 2.74. The Kier molecular flexibility index (Phi) is 6.08. The average molecular weight is 384 g/mol. The lowest BCUT2D eigenvalue weighted by Crippen LogP contribution is -2.33. The maximum atomic E-state index is 12.3. The molecule has 1 N–H and O–H groups in total. The van der Waals surface area contributed by atoms with Crippen molar-refractivity contribution in [1.82, 2.24) is 25.2 Å². The number of aryl methyl sites for hydroxylation is 1. The molecule has 1 saturated heterocycles. The molecule has 3 rings (SSSR count). The summed E-state index contributed by atoms with van der Waals surface area (Å²) >= 11 is 0. The topological polar surface area (TPSA) is 83.5 Å². The number of anilines is 1. The summed E-state index contributed by atoms with van der Waals surface area (Å²) in [5.41, 5.74) is 2.84. The van der Waals surface area contributed by atoms with E-state index in [9.17, 15) is 4.79 Å². The molecule has 0 spiro atoms. The fourth-order valence-electron chi connectivity index (χ4n) is 3.22. The van der Waals surface area contributed by atoms with Crippen LogP contribution in [0.1, 0.15) is 34.0 Å². The molecular formula is C20H28N6O2. The van der Waals surface area contributed by atoms with Crippen molar-refractivity contribution in [2.24, 2.45) is 0 Å². The van der Waals surface area contributed by atoms with E-state index in [-0.39, 0.29) is 11.7 Å². The van der Waals surface area contributed by atoms with Crippen molar-refractivity contribution >= 4 is 11.7 Å². The minimum atomic E-state index is -0.177. The van der Waals surface area contributed by atoms with Crippen LogP contribution in [-0.2, 0) is 6.54 Å². The minimum Gasteiger partial charge on any atom is -0.495 e. The summed E-state index contributed by atoms with van der Waals surface area (Å²) in [5, 5.41) is 3.56. The number of nitrogens with one attached hydrogen (secondary N) is 1. The highest BCUT2D eigenvalue weighted by atomic mass is 16.5. The number of ether oxygens (including phenoxy) is 1. The van der Waals surface area contributed by atoms with Crippen molar-refractivity contribution in [3.8, 4) is 5.75 Å². The monoisotopic (exact) mass is 384 g/mol. The molecule has 8 nitrogen and oxygen atoms in total. The predicted molar refractivity (Wildman–Crippen MR) is 108 cm³/mol. The largest absolute Gasteiger partial charge is 0.495 e. The lowest BCUT2D eigenvalue weighted by atomic mass is 10.2. The molecule has 0 radical (unpaired) electrons. The molecule has 8 heteroatoms. The smallest absolute Gasteiger partial charge is 0.291 e. The van der Waals surface area contributed by atoms with Crippen molar-refractivity contribution in [1.29, 1.82) is 0 Å². The van der Waals surface area contributed by atoms with E-state index < -0.39 is 0 Å². The predicted octanol–water partition coefficient (Wildman–Crippen LogP) is 1.57. The quantitative estimate of drug-likeness (QED) is 0.809. The third-order valence-electron chi connectivity index (χ3n) is 5.05. The first kappa shape index (κ1) is 20.0. The summed E-state index contributed by atoms with van der Waals surface area (Å²) in [5.74, 6) is 1.68. The van der Waals surface area contributed by atoms with Crippen LogP contribution in [0, 0.1) is 13.8 Å². The maximum Gasteiger partial charge on any atom is 0.291 e. The average Bonchev–Trinajstić information content (AvgIpc) is 3.16. The summed E-state index contributed by atoms with van der Waals surface area (Å²) in [6, 6.07) is 4.23. The highest BCUT2D eigenvalue weighted by Crippen LogP contribution is 2.24. The number of rotatable bonds is 6. The second-order valence-corrected chi connectivity index (χ2v) is 7.28. The van der Waals surface area contributed by atoms with Crippen LogP contribution in [0.25, 0.3) is 0 Å². The van der Waals surface area contributed by atoms with Gasteiger partial charge in [0.15, 0.2) is 0 Å². The van der Waals surface area contributed by atoms with Crippen LogP contribution in [0.4, 0.5) is 5.82 Å². The molecule has 2 aromatic rings. The van der Waals surface area contributed by atoms with Crippen molar-refractivity contribution in [2.75, 3.05) is 39.2 Å². The Labute approximate surface area is 166 Å². The van der Waals surface area contributed by atoms with Crippen LogP contribution in [0.2, 0.25) is 0 Å². The van der Waals surface area contributed by atoms with Gasteiger partial charge in [0.2, 0.25) is 5.82 Å². The SMILES string of the molecule is COc1ccc(CN[C@@H]2CCN(c3nc(C(=O)N(C)C)nc(C)c3C)C2)nc1. The van der Waals surface area contributed by atoms with Crippen LogP contribution in [0.3, 0.4) is 0 Å². The van der Waals surface area contributed by atoms with Crippen molar-refractivity contribution < 1.29 is 9.53 Å². The molecule has 2 aromatic heterocycles. The number of carbonyl (C=O) groups excluding carboxylic acids is 1. The normalized spacial score (nSPS) is 16.3. The first-order valence-corrected chi connectivity index (χ1v) is 9.43. The number of carbonyl (C=O) groups is 1. The first-order valence-electron chi connectivity index (χ1n) is 9.43. The third kappa shape index (κ3) is 4.39. The lowest BCUT2D eigenvalue weighted by Gasteiger charge is -2.22. The van der Waals surface area contributed by atoms with E-state index in [1.165, 1.54) is 4.90 Å². The van der Waals surface area contributed by atoms with Gasteiger partial charge in [0, 0.05) is 51.0 Å². The molecule has 0 aliphatic carbocycles. The van der Waals surface area contributed by atoms with Gasteiger partial charge >= 0.3 is 0 Å². The van der Waals surface area contributed by atoms with Gasteiger partial charge in [-0.3, -0.25) is 9.78 Å². The van der Waals surface area contributed by atoms with Gasteiger partial charge in [-0.25, -0.2) is 9.97 Å². The van der Waals surface area contributed by atoms with Gasteiger partial charge in [0.1, 0.15) is 11.6 Å². The molecule has 1 aliphatic rings. The van der Waals surface area contributed by atoms with E-state index >= 15 is 0 Å². The molecule has 1 amide bonds. The summed E-state index contributed by atoms with van der Waals surface area (Å²) < 4.78 is 5.14. The number of amides is 1. The Morgan fingerprint density at radius 3 is 2.75 bits per heavy atom. The Morgan fingerprint density at radius 2 is 2.11 bits per heavy atom. The second-order valence-electron chi connectivity index (χ2n) is 7.28. The zero-order chi connectivity index (χ0) is 20.3. The van der Waals surface area contributed by atoms with Gasteiger partial charge in [-0.15, -0.1) is 0 Å². The van der Waals surface area contributed by atoms with Gasteiger partial charge < -0.3 is 19.9 Å². The molecule has 150 valence electrons. The van der Waals surface area contributed by atoms with Gasteiger partial charge in [-0.1, -0.05) is 0 Å². The highest BCUT2D eigenvalue weighted by Gasteiger charge is 2.26. The van der Waals surface area contributed by atoms with E-state index in [4.69, 9.17) is 4.74 Å². The van der Waals surface area contributed by atoms with E-state index in [2.05, 4.69) is 25.2 Å². The third-order valence-corrected chi connectivity index (χ3v) is 5.05. The number of hydrogen-bond donors (Lipinski definition) is 1. The van der Waals surface area contributed by atoms with E-state index in [0.29, 0.717) is 12.6 Å². The Bertz CT molecular complexity index is 837. The van der Waals surface area contributed by atoms with Crippen LogP contribution in [0.5, 0.6) is 5.75 Å². The van der Waals surface area contributed by atoms with Crippen molar-refractivity contribution in [2.45, 2.75) is 32.9 Å². The Hall–Kier alpha value is -2.74. The van der Waals surface area contributed by atoms with Crippen LogP contribution >= 0.6 is 0 Å². The summed E-state index contributed by atoms with van der Waals surface area (Å²) in [6.45, 7) is 6.36. The molecule has 0 bridgehead atoms. The highest BCUT2D eigenvalue weighted by molar-refractivity contribution is 5.90. The molecule has 3 heterocycles. The van der Waals surface area contributed by atoms with Crippen LogP contribution in [-0.4, -0.2) is 66.1 Å². The number of nitrogens with zero attached hydrogens (tertiary/aromatic N) is 5. The molecule has 1 fully saturated rings. The summed E-state index contributed by atoms with van der Waals surface area (Å²) in [4.78, 5) is 29.4. The van der Waals surface area contributed by atoms with Gasteiger partial charge in [-0.2, -0.15) is 0 Å². The maximum absolute atomic E-state index is 12.3. The van der Waals surface area contributed by atoms with Gasteiger partial charge in [-0.05, 0) is 32.4 Å². The van der Waals surface area contributed by atoms with Gasteiger partial charge in [0.05, 0.1) is 19.0 Å². The number of pyridine rings is 1. The van der Waals surface area contributed by atoms with Crippen LogP contribution < -0.4 is 15.0 Å². The summed E-state index contributed by atoms with van der Waals surface area (Å²) in [7, 11) is 5.06. The zero-order valence-electron chi connectivity index (χ0n) is 17.2. The second kappa shape index (κ2) is 8.52. The fourth-order valence-corrected chi connectivity index (χ4v) is 3.22. The standard InChI is InChI=1S/C20H28N6O2/c1-13-14(2)23-18(20(27)25(3)4)24-19(13)26-9-8-16(12-26)21-10-15-6-7-17(28-5)11-22-15/h6-7,11,16,21H,8-10,12H2,1-5H3/t16-/m1/s1. The first-order chi connectivity index (χ1) is 13.4. The number of aromatic nitrogens is 3. The van der Waals surface area contributed by atoms with E-state index in [0.717, 1.165) is 48.0 Å². The van der Waals surface area contributed by atoms with E-state index in [1.54, 1.807) is 27.4 Å². The molecule has 1 aliphatic heterocycles. The van der Waals surface area contributed by atoms with Crippen molar-refractivity contribution in [3.63, 3.8) is 0 Å². The molecular weight excluding hydrogens is 356 g/mol. The molecule has 0 saturated carbocycles. The minimum absolute atomic E-state index is 0.177. The Morgan fingerprint density at radius 1 is 1.32 bits per heavy atom. The molecule has 28 heavy (non-hydrogen) atoms. The molecule has 0 aromatic carbocycles. The number of methoxy groups -OCH3 is 1. The van der Waals surface area contributed by atoms with Crippen molar-refractivity contribution in [3.05, 3.63) is 41.1 Å². The Balaban J connectivity index is 1.66. The lowest BCUT2D eigenvalue weighted by molar-refractivity contribution is 0.0815. The number of hydrogen-bond acceptors (Lipinski definition) is 7. The van der Waals surface area contributed by atoms with Gasteiger partial charge in [0.25, 0.3) is 5.91 Å². The zero-order valence-corrected chi connectivity index (χ0v) is 17.2.